The van der Waals surface area contributed by atoms with Crippen molar-refractivity contribution in [1.82, 2.24) is 9.80 Å². The van der Waals surface area contributed by atoms with E-state index in [9.17, 15) is 14.4 Å². The van der Waals surface area contributed by atoms with Gasteiger partial charge in [0.25, 0.3) is 11.8 Å². The summed E-state index contributed by atoms with van der Waals surface area (Å²) in [5, 5.41) is 2.75. The number of nitrogens with zero attached hydrogens (tertiary/aromatic N) is 2. The highest BCUT2D eigenvalue weighted by Crippen LogP contribution is 2.36. The van der Waals surface area contributed by atoms with E-state index in [2.05, 4.69) is 24.1 Å². The van der Waals surface area contributed by atoms with Gasteiger partial charge < -0.3 is 10.2 Å². The van der Waals surface area contributed by atoms with Gasteiger partial charge in [0, 0.05) is 25.7 Å². The first-order chi connectivity index (χ1) is 15.7. The number of hydrogen-bond donors (Lipinski definition) is 1. The minimum Gasteiger partial charge on any atom is -0.366 e. The van der Waals surface area contributed by atoms with E-state index < -0.39 is 0 Å². The summed E-state index contributed by atoms with van der Waals surface area (Å²) >= 11 is 0. The zero-order chi connectivity index (χ0) is 23.7. The smallest absolute Gasteiger partial charge is 0.278 e. The number of benzene rings is 2. The second-order valence-corrected chi connectivity index (χ2v) is 9.52. The largest absolute Gasteiger partial charge is 0.366 e. The Bertz CT molecular complexity index is 1090. The molecule has 4 rings (SSSR count). The molecule has 3 amide bonds. The number of rotatable bonds is 5. The highest BCUT2D eigenvalue weighted by Gasteiger charge is 2.42. The molecule has 2 aliphatic heterocycles. The van der Waals surface area contributed by atoms with E-state index >= 15 is 0 Å². The fraction of sp³-hybridized carbons (Fsp3) is 0.370. The standard InChI is InChI=1S/C27H31N3O3/c1-17-5-7-21(8-6-17)16-30-26(32)24(22-9-11-23(12-10-22)28-20(4)31)25(27(30)33)29-14-18(2)13-19(3)15-29/h5-12,18-19H,13-16H2,1-4H3,(H,28,31). The van der Waals surface area contributed by atoms with Gasteiger partial charge in [-0.05, 0) is 48.4 Å². The number of amides is 3. The molecule has 2 unspecified atom stereocenters. The van der Waals surface area contributed by atoms with Gasteiger partial charge in [0.1, 0.15) is 5.70 Å². The number of aryl methyl sites for hydroxylation is 1. The predicted molar refractivity (Wildman–Crippen MR) is 129 cm³/mol. The summed E-state index contributed by atoms with van der Waals surface area (Å²) in [5.41, 5.74) is 4.34. The van der Waals surface area contributed by atoms with Crippen LogP contribution < -0.4 is 5.32 Å². The fourth-order valence-corrected chi connectivity index (χ4v) is 4.91. The first-order valence-electron chi connectivity index (χ1n) is 11.5. The van der Waals surface area contributed by atoms with E-state index in [0.29, 0.717) is 34.4 Å². The lowest BCUT2D eigenvalue weighted by molar-refractivity contribution is -0.138. The van der Waals surface area contributed by atoms with Gasteiger partial charge in [-0.25, -0.2) is 0 Å². The fourth-order valence-electron chi connectivity index (χ4n) is 4.91. The molecule has 2 heterocycles. The second-order valence-electron chi connectivity index (χ2n) is 9.52. The molecule has 0 aromatic heterocycles. The van der Waals surface area contributed by atoms with Crippen LogP contribution in [0.1, 0.15) is 43.9 Å². The number of hydrogen-bond acceptors (Lipinski definition) is 4. The molecule has 0 radical (unpaired) electrons. The van der Waals surface area contributed by atoms with Crippen LogP contribution in [-0.2, 0) is 20.9 Å². The van der Waals surface area contributed by atoms with Gasteiger partial charge in [-0.2, -0.15) is 0 Å². The van der Waals surface area contributed by atoms with Gasteiger partial charge in [0.05, 0.1) is 12.1 Å². The van der Waals surface area contributed by atoms with Crippen molar-refractivity contribution >= 4 is 29.0 Å². The van der Waals surface area contributed by atoms with Crippen molar-refractivity contribution in [2.45, 2.75) is 40.7 Å². The van der Waals surface area contributed by atoms with E-state index in [4.69, 9.17) is 0 Å². The minimum atomic E-state index is -0.270. The Morgan fingerprint density at radius 3 is 2.12 bits per heavy atom. The highest BCUT2D eigenvalue weighted by molar-refractivity contribution is 6.35. The summed E-state index contributed by atoms with van der Waals surface area (Å²) < 4.78 is 0. The zero-order valence-electron chi connectivity index (χ0n) is 19.7. The van der Waals surface area contributed by atoms with Crippen LogP contribution in [0.5, 0.6) is 0 Å². The lowest BCUT2D eigenvalue weighted by atomic mass is 9.91. The molecule has 2 aromatic rings. The van der Waals surface area contributed by atoms with E-state index in [-0.39, 0.29) is 24.3 Å². The van der Waals surface area contributed by atoms with Crippen LogP contribution in [-0.4, -0.2) is 40.6 Å². The Balaban J connectivity index is 1.72. The van der Waals surface area contributed by atoms with Crippen LogP contribution in [0.2, 0.25) is 0 Å². The topological polar surface area (TPSA) is 69.7 Å². The highest BCUT2D eigenvalue weighted by atomic mass is 16.2. The molecule has 2 atom stereocenters. The molecule has 0 spiro atoms. The molecule has 172 valence electrons. The van der Waals surface area contributed by atoms with Gasteiger partial charge in [0.15, 0.2) is 0 Å². The third-order valence-electron chi connectivity index (χ3n) is 6.28. The quantitative estimate of drug-likeness (QED) is 0.700. The molecule has 33 heavy (non-hydrogen) atoms. The Morgan fingerprint density at radius 2 is 1.55 bits per heavy atom. The van der Waals surface area contributed by atoms with E-state index in [0.717, 1.165) is 30.6 Å². The van der Waals surface area contributed by atoms with Crippen molar-refractivity contribution in [3.63, 3.8) is 0 Å². The maximum atomic E-state index is 13.6. The monoisotopic (exact) mass is 445 g/mol. The molecule has 0 bridgehead atoms. The number of nitrogens with one attached hydrogen (secondary N) is 1. The normalized spacial score (nSPS) is 21.1. The molecule has 6 heteroatoms. The third-order valence-corrected chi connectivity index (χ3v) is 6.28. The Morgan fingerprint density at radius 1 is 0.939 bits per heavy atom. The Hall–Kier alpha value is -3.41. The average Bonchev–Trinajstić information content (AvgIpc) is 2.99. The summed E-state index contributed by atoms with van der Waals surface area (Å²) in [6, 6.07) is 15.0. The molecule has 0 aliphatic carbocycles. The van der Waals surface area contributed by atoms with Crippen LogP contribution in [0.25, 0.3) is 5.57 Å². The SMILES string of the molecule is CC(=O)Nc1ccc(C2=C(N3CC(C)CC(C)C3)C(=O)N(Cc3ccc(C)cc3)C2=O)cc1. The maximum absolute atomic E-state index is 13.6. The number of carbonyl (C=O) groups excluding carboxylic acids is 3. The van der Waals surface area contributed by atoms with Crippen molar-refractivity contribution in [3.05, 3.63) is 70.9 Å². The van der Waals surface area contributed by atoms with Crippen molar-refractivity contribution < 1.29 is 14.4 Å². The first kappa shape index (κ1) is 22.8. The van der Waals surface area contributed by atoms with Crippen LogP contribution in [0, 0.1) is 18.8 Å². The molecule has 1 N–H and O–H groups in total. The summed E-state index contributed by atoms with van der Waals surface area (Å²) in [7, 11) is 0. The Labute approximate surface area is 195 Å². The third kappa shape index (κ3) is 4.85. The number of anilines is 1. The molecule has 1 saturated heterocycles. The number of likely N-dealkylation sites (tertiary alicyclic amines) is 1. The van der Waals surface area contributed by atoms with Crippen LogP contribution in [0.4, 0.5) is 5.69 Å². The first-order valence-corrected chi connectivity index (χ1v) is 11.5. The lowest BCUT2D eigenvalue weighted by Gasteiger charge is -2.37. The molecule has 2 aromatic carbocycles. The van der Waals surface area contributed by atoms with Crippen LogP contribution >= 0.6 is 0 Å². The summed E-state index contributed by atoms with van der Waals surface area (Å²) in [5.74, 6) is 0.226. The summed E-state index contributed by atoms with van der Waals surface area (Å²) in [6.07, 6.45) is 1.11. The summed E-state index contributed by atoms with van der Waals surface area (Å²) in [4.78, 5) is 42.1. The van der Waals surface area contributed by atoms with Gasteiger partial charge in [-0.1, -0.05) is 55.8 Å². The number of carbonyl (C=O) groups is 3. The summed E-state index contributed by atoms with van der Waals surface area (Å²) in [6.45, 7) is 9.60. The van der Waals surface area contributed by atoms with Gasteiger partial charge in [-0.15, -0.1) is 0 Å². The van der Waals surface area contributed by atoms with Crippen molar-refractivity contribution in [3.8, 4) is 0 Å². The van der Waals surface area contributed by atoms with Gasteiger partial charge >= 0.3 is 0 Å². The van der Waals surface area contributed by atoms with Crippen LogP contribution in [0.3, 0.4) is 0 Å². The van der Waals surface area contributed by atoms with Gasteiger partial charge in [0.2, 0.25) is 5.91 Å². The van der Waals surface area contributed by atoms with Crippen LogP contribution in [0.15, 0.2) is 54.2 Å². The number of imide groups is 1. The molecule has 2 aliphatic rings. The van der Waals surface area contributed by atoms with Gasteiger partial charge in [-0.3, -0.25) is 19.3 Å². The zero-order valence-corrected chi connectivity index (χ0v) is 19.7. The van der Waals surface area contributed by atoms with E-state index in [1.165, 1.54) is 11.8 Å². The van der Waals surface area contributed by atoms with Crippen molar-refractivity contribution in [2.75, 3.05) is 18.4 Å². The lowest BCUT2D eigenvalue weighted by Crippen LogP contribution is -2.41. The van der Waals surface area contributed by atoms with E-state index in [1.807, 2.05) is 31.2 Å². The molecule has 1 fully saturated rings. The molecular formula is C27H31N3O3. The average molecular weight is 446 g/mol. The second kappa shape index (κ2) is 9.22. The van der Waals surface area contributed by atoms with Crippen molar-refractivity contribution in [1.29, 1.82) is 0 Å². The van der Waals surface area contributed by atoms with E-state index in [1.54, 1.807) is 24.3 Å². The molecular weight excluding hydrogens is 414 g/mol. The number of piperidine rings is 1. The molecule has 0 saturated carbocycles. The maximum Gasteiger partial charge on any atom is 0.278 e. The molecule has 6 nitrogen and oxygen atoms in total. The van der Waals surface area contributed by atoms with Crippen molar-refractivity contribution in [2.24, 2.45) is 11.8 Å². The Kier molecular flexibility index (Phi) is 6.36. The minimum absolute atomic E-state index is 0.157. The predicted octanol–water partition coefficient (Wildman–Crippen LogP) is 4.21.